The average Bonchev–Trinajstić information content (AvgIpc) is 2.96. The Morgan fingerprint density at radius 3 is 2.71 bits per heavy atom. The first-order valence-corrected chi connectivity index (χ1v) is 10.8. The molecule has 132 valence electrons. The fraction of sp³-hybridized carbons (Fsp3) is 0.588. The highest BCUT2D eigenvalue weighted by molar-refractivity contribution is 7.87. The van der Waals surface area contributed by atoms with Crippen LogP contribution in [0.2, 0.25) is 0 Å². The minimum Gasteiger partial charge on any atom is -0.241 e. The molecule has 1 aliphatic rings. The summed E-state index contributed by atoms with van der Waals surface area (Å²) in [6, 6.07) is 7.95. The van der Waals surface area contributed by atoms with Crippen LogP contribution in [0.25, 0.3) is 10.2 Å². The predicted octanol–water partition coefficient (Wildman–Crippen LogP) is 3.33. The minimum atomic E-state index is -3.45. The van der Waals surface area contributed by atoms with Crippen LogP contribution in [0.15, 0.2) is 24.3 Å². The Bertz CT molecular complexity index is 749. The normalized spacial score (nSPS) is 18.3. The third kappa shape index (κ3) is 4.14. The molecule has 1 aromatic heterocycles. The van der Waals surface area contributed by atoms with Gasteiger partial charge in [-0.3, -0.25) is 0 Å². The molecule has 1 heterocycles. The summed E-state index contributed by atoms with van der Waals surface area (Å²) < 4.78 is 30.7. The first-order chi connectivity index (χ1) is 11.5. The van der Waals surface area contributed by atoms with E-state index in [1.807, 2.05) is 31.2 Å². The lowest BCUT2D eigenvalue weighted by Crippen LogP contribution is -2.48. The summed E-state index contributed by atoms with van der Waals surface area (Å²) >= 11 is 1.63. The van der Waals surface area contributed by atoms with Crippen LogP contribution < -0.4 is 4.72 Å². The van der Waals surface area contributed by atoms with Gasteiger partial charge in [-0.15, -0.1) is 11.3 Å². The highest BCUT2D eigenvalue weighted by Gasteiger charge is 2.28. The quantitative estimate of drug-likeness (QED) is 0.852. The first kappa shape index (κ1) is 17.8. The van der Waals surface area contributed by atoms with Crippen LogP contribution in [0.4, 0.5) is 0 Å². The van der Waals surface area contributed by atoms with Crippen LogP contribution in [-0.4, -0.2) is 36.8 Å². The lowest BCUT2D eigenvalue weighted by Gasteiger charge is -2.31. The molecule has 0 saturated heterocycles. The van der Waals surface area contributed by atoms with Crippen LogP contribution >= 0.6 is 11.3 Å². The minimum absolute atomic E-state index is 0.130. The molecular formula is C17H25N3O2S2. The largest absolute Gasteiger partial charge is 0.279 e. The Morgan fingerprint density at radius 1 is 1.29 bits per heavy atom. The van der Waals surface area contributed by atoms with Crippen molar-refractivity contribution in [1.82, 2.24) is 14.0 Å². The molecule has 0 radical (unpaired) electrons. The number of hydrogen-bond donors (Lipinski definition) is 1. The first-order valence-electron chi connectivity index (χ1n) is 8.55. The van der Waals surface area contributed by atoms with E-state index >= 15 is 0 Å². The van der Waals surface area contributed by atoms with Crippen molar-refractivity contribution in [3.63, 3.8) is 0 Å². The fourth-order valence-corrected chi connectivity index (χ4v) is 5.75. The number of para-hydroxylation sites is 1. The maximum atomic E-state index is 12.6. The van der Waals surface area contributed by atoms with Gasteiger partial charge in [0.15, 0.2) is 0 Å². The summed E-state index contributed by atoms with van der Waals surface area (Å²) in [6.07, 6.45) is 5.98. The van der Waals surface area contributed by atoms with Gasteiger partial charge in [0.1, 0.15) is 0 Å². The SMILES string of the molecule is C[C@H](Cc1nc2ccccc2s1)NS(=O)(=O)N(C)C1CCCCC1. The number of aromatic nitrogens is 1. The summed E-state index contributed by atoms with van der Waals surface area (Å²) in [7, 11) is -1.75. The van der Waals surface area contributed by atoms with Gasteiger partial charge in [-0.05, 0) is 31.9 Å². The molecule has 1 aromatic carbocycles. The standard InChI is InChI=1S/C17H25N3O2S2/c1-13(12-17-18-15-10-6-7-11-16(15)23-17)19-24(21,22)20(2)14-8-4-3-5-9-14/h6-7,10-11,13-14,19H,3-5,8-9,12H2,1-2H3/t13-/m1/s1. The summed E-state index contributed by atoms with van der Waals surface area (Å²) in [4.78, 5) is 4.59. The van der Waals surface area contributed by atoms with Crippen molar-refractivity contribution in [3.05, 3.63) is 29.3 Å². The lowest BCUT2D eigenvalue weighted by molar-refractivity contribution is 0.281. The number of rotatable bonds is 6. The van der Waals surface area contributed by atoms with Gasteiger partial charge >= 0.3 is 0 Å². The number of benzene rings is 1. The molecule has 1 atom stereocenters. The molecular weight excluding hydrogens is 342 g/mol. The summed E-state index contributed by atoms with van der Waals surface area (Å²) in [6.45, 7) is 1.90. The lowest BCUT2D eigenvalue weighted by atomic mass is 9.96. The van der Waals surface area contributed by atoms with Crippen molar-refractivity contribution in [2.75, 3.05) is 7.05 Å². The third-order valence-corrected chi connectivity index (χ3v) is 7.45. The second-order valence-electron chi connectivity index (χ2n) is 6.61. The molecule has 0 aliphatic heterocycles. The molecule has 1 saturated carbocycles. The monoisotopic (exact) mass is 367 g/mol. The predicted molar refractivity (Wildman–Crippen MR) is 99.5 cm³/mol. The van der Waals surface area contributed by atoms with Gasteiger partial charge < -0.3 is 0 Å². The molecule has 0 unspecified atom stereocenters. The molecule has 5 nitrogen and oxygen atoms in total. The van der Waals surface area contributed by atoms with E-state index in [0.717, 1.165) is 40.9 Å². The molecule has 7 heteroatoms. The Morgan fingerprint density at radius 2 is 2.00 bits per heavy atom. The van der Waals surface area contributed by atoms with E-state index in [9.17, 15) is 8.42 Å². The summed E-state index contributed by atoms with van der Waals surface area (Å²) in [5.74, 6) is 0. The second kappa shape index (κ2) is 7.47. The van der Waals surface area contributed by atoms with Gasteiger partial charge in [-0.25, -0.2) is 4.98 Å². The van der Waals surface area contributed by atoms with Gasteiger partial charge in [-0.1, -0.05) is 31.4 Å². The second-order valence-corrected chi connectivity index (χ2v) is 9.49. The molecule has 24 heavy (non-hydrogen) atoms. The van der Waals surface area contributed by atoms with E-state index in [2.05, 4.69) is 9.71 Å². The zero-order valence-electron chi connectivity index (χ0n) is 14.2. The van der Waals surface area contributed by atoms with Crippen LogP contribution in [-0.2, 0) is 16.6 Å². The highest BCUT2D eigenvalue weighted by atomic mass is 32.2. The number of nitrogens with one attached hydrogen (secondary N) is 1. The maximum Gasteiger partial charge on any atom is 0.279 e. The van der Waals surface area contributed by atoms with E-state index in [1.54, 1.807) is 18.4 Å². The van der Waals surface area contributed by atoms with E-state index < -0.39 is 10.2 Å². The fourth-order valence-electron chi connectivity index (χ4n) is 3.29. The Kier molecular flexibility index (Phi) is 5.54. The Balaban J connectivity index is 1.63. The molecule has 0 spiro atoms. The van der Waals surface area contributed by atoms with Gasteiger partial charge in [-0.2, -0.15) is 17.4 Å². The van der Waals surface area contributed by atoms with Gasteiger partial charge in [0.2, 0.25) is 0 Å². The maximum absolute atomic E-state index is 12.6. The van der Waals surface area contributed by atoms with Crippen molar-refractivity contribution in [1.29, 1.82) is 0 Å². The number of nitrogens with zero attached hydrogens (tertiary/aromatic N) is 2. The average molecular weight is 368 g/mol. The van der Waals surface area contributed by atoms with Crippen LogP contribution in [0, 0.1) is 0 Å². The zero-order valence-corrected chi connectivity index (χ0v) is 15.9. The summed E-state index contributed by atoms with van der Waals surface area (Å²) in [5.41, 5.74) is 0.979. The number of thiazole rings is 1. The van der Waals surface area contributed by atoms with E-state index in [1.165, 1.54) is 10.7 Å². The number of fused-ring (bicyclic) bond motifs is 1. The van der Waals surface area contributed by atoms with E-state index in [0.29, 0.717) is 6.42 Å². The van der Waals surface area contributed by atoms with Crippen molar-refractivity contribution in [3.8, 4) is 0 Å². The molecule has 0 bridgehead atoms. The molecule has 0 amide bonds. The van der Waals surface area contributed by atoms with Crippen molar-refractivity contribution in [2.45, 2.75) is 57.5 Å². The van der Waals surface area contributed by atoms with Gasteiger partial charge in [0, 0.05) is 25.6 Å². The zero-order chi connectivity index (χ0) is 17.2. The van der Waals surface area contributed by atoms with Crippen molar-refractivity contribution < 1.29 is 8.42 Å². The molecule has 1 N–H and O–H groups in total. The smallest absolute Gasteiger partial charge is 0.241 e. The van der Waals surface area contributed by atoms with Crippen LogP contribution in [0.5, 0.6) is 0 Å². The topological polar surface area (TPSA) is 62.3 Å². The molecule has 1 fully saturated rings. The summed E-state index contributed by atoms with van der Waals surface area (Å²) in [5, 5.41) is 0.965. The Labute approximate surface area is 148 Å². The van der Waals surface area contributed by atoms with Crippen molar-refractivity contribution in [2.24, 2.45) is 0 Å². The molecule has 2 aromatic rings. The van der Waals surface area contributed by atoms with E-state index in [4.69, 9.17) is 0 Å². The van der Waals surface area contributed by atoms with Gasteiger partial charge in [0.25, 0.3) is 10.2 Å². The van der Waals surface area contributed by atoms with Crippen LogP contribution in [0.3, 0.4) is 0 Å². The van der Waals surface area contributed by atoms with E-state index in [-0.39, 0.29) is 12.1 Å². The third-order valence-electron chi connectivity index (χ3n) is 4.64. The van der Waals surface area contributed by atoms with Crippen LogP contribution in [0.1, 0.15) is 44.0 Å². The van der Waals surface area contributed by atoms with Crippen molar-refractivity contribution >= 4 is 31.8 Å². The highest BCUT2D eigenvalue weighted by Crippen LogP contribution is 2.24. The molecule has 3 rings (SSSR count). The van der Waals surface area contributed by atoms with Gasteiger partial charge in [0.05, 0.1) is 15.2 Å². The number of hydrogen-bond acceptors (Lipinski definition) is 4. The molecule has 1 aliphatic carbocycles. The Hall–Kier alpha value is -1.02.